The second-order valence-electron chi connectivity index (χ2n) is 5.44. The van der Waals surface area contributed by atoms with Gasteiger partial charge in [-0.25, -0.2) is 22.9 Å². The number of carbonyl (C=O) groups is 1. The Labute approximate surface area is 127 Å². The van der Waals surface area contributed by atoms with Gasteiger partial charge in [-0.15, -0.1) is 11.3 Å². The van der Waals surface area contributed by atoms with Crippen LogP contribution in [-0.2, 0) is 19.5 Å². The number of thiazole rings is 1. The fourth-order valence-corrected chi connectivity index (χ4v) is 4.94. The van der Waals surface area contributed by atoms with E-state index in [1.165, 1.54) is 12.6 Å². The molecule has 1 heterocycles. The molecule has 2 unspecified atom stereocenters. The molecule has 1 aliphatic rings. The van der Waals surface area contributed by atoms with Crippen molar-refractivity contribution in [1.82, 2.24) is 9.71 Å². The van der Waals surface area contributed by atoms with Crippen molar-refractivity contribution in [1.29, 1.82) is 0 Å². The van der Waals surface area contributed by atoms with E-state index in [0.29, 0.717) is 6.42 Å². The quantitative estimate of drug-likeness (QED) is 0.808. The van der Waals surface area contributed by atoms with E-state index in [0.717, 1.165) is 11.3 Å². The largest absolute Gasteiger partial charge is 0.464 e. The number of aromatic nitrogens is 1. The van der Waals surface area contributed by atoms with Crippen LogP contribution in [0.2, 0.25) is 0 Å². The van der Waals surface area contributed by atoms with Crippen molar-refractivity contribution in [2.75, 3.05) is 14.2 Å². The Kier molecular flexibility index (Phi) is 4.39. The Morgan fingerprint density at radius 3 is 2.67 bits per heavy atom. The molecule has 7 nitrogen and oxygen atoms in total. The number of ether oxygens (including phenoxy) is 2. The van der Waals surface area contributed by atoms with Crippen LogP contribution >= 0.6 is 11.3 Å². The molecule has 9 heteroatoms. The summed E-state index contributed by atoms with van der Waals surface area (Å²) in [5, 5.41) is 0. The van der Waals surface area contributed by atoms with Crippen molar-refractivity contribution in [3.8, 4) is 0 Å². The predicted octanol–water partition coefficient (Wildman–Crippen LogP) is 1.02. The Bertz CT molecular complexity index is 638. The van der Waals surface area contributed by atoms with E-state index >= 15 is 0 Å². The van der Waals surface area contributed by atoms with Crippen LogP contribution in [0.3, 0.4) is 0 Å². The number of sulfonamides is 1. The molecule has 0 spiro atoms. The maximum atomic E-state index is 12.4. The molecule has 2 rings (SSSR count). The van der Waals surface area contributed by atoms with Crippen LogP contribution in [0.5, 0.6) is 0 Å². The van der Waals surface area contributed by atoms with Crippen LogP contribution in [0.1, 0.15) is 30.8 Å². The third-order valence-corrected chi connectivity index (χ3v) is 6.76. The van der Waals surface area contributed by atoms with Gasteiger partial charge in [-0.2, -0.15) is 0 Å². The van der Waals surface area contributed by atoms with E-state index < -0.39 is 16.0 Å². The Balaban J connectivity index is 2.21. The van der Waals surface area contributed by atoms with Gasteiger partial charge in [-0.1, -0.05) is 13.8 Å². The molecule has 2 atom stereocenters. The minimum Gasteiger partial charge on any atom is -0.464 e. The third kappa shape index (κ3) is 2.83. The third-order valence-electron chi connectivity index (χ3n) is 3.92. The van der Waals surface area contributed by atoms with Crippen LogP contribution in [0, 0.1) is 5.41 Å². The summed E-state index contributed by atoms with van der Waals surface area (Å²) in [5.41, 5.74) is 0.818. The number of carbonyl (C=O) groups excluding carboxylic acids is 1. The normalized spacial score (nSPS) is 24.4. The topological polar surface area (TPSA) is 94.6 Å². The zero-order valence-corrected chi connectivity index (χ0v) is 13.9. The van der Waals surface area contributed by atoms with Gasteiger partial charge in [-0.3, -0.25) is 0 Å². The first kappa shape index (κ1) is 16.3. The van der Waals surface area contributed by atoms with E-state index in [4.69, 9.17) is 4.74 Å². The van der Waals surface area contributed by atoms with E-state index in [-0.39, 0.29) is 27.5 Å². The molecule has 0 aliphatic heterocycles. The zero-order chi connectivity index (χ0) is 15.8. The van der Waals surface area contributed by atoms with Crippen molar-refractivity contribution >= 4 is 27.3 Å². The van der Waals surface area contributed by atoms with Crippen molar-refractivity contribution in [2.45, 2.75) is 36.6 Å². The van der Waals surface area contributed by atoms with Crippen LogP contribution in [0.15, 0.2) is 9.72 Å². The molecular weight excluding hydrogens is 316 g/mol. The average Bonchev–Trinajstić information content (AvgIpc) is 2.92. The van der Waals surface area contributed by atoms with E-state index in [2.05, 4.69) is 14.4 Å². The molecule has 1 aliphatic carbocycles. The first-order chi connectivity index (χ1) is 9.74. The summed E-state index contributed by atoms with van der Waals surface area (Å²) < 4.78 is 37.2. The summed E-state index contributed by atoms with van der Waals surface area (Å²) in [4.78, 5) is 15.3. The van der Waals surface area contributed by atoms with Gasteiger partial charge in [-0.05, 0) is 6.42 Å². The Hall–Kier alpha value is -1.03. The van der Waals surface area contributed by atoms with Crippen LogP contribution in [0.4, 0.5) is 0 Å². The number of rotatable bonds is 5. The highest BCUT2D eigenvalue weighted by Gasteiger charge is 2.50. The predicted molar refractivity (Wildman–Crippen MR) is 76.8 cm³/mol. The van der Waals surface area contributed by atoms with E-state index in [9.17, 15) is 13.2 Å². The van der Waals surface area contributed by atoms with Gasteiger partial charge in [0.15, 0.2) is 9.90 Å². The molecule has 1 N–H and O–H groups in total. The number of hydrogen-bond acceptors (Lipinski definition) is 7. The van der Waals surface area contributed by atoms with Gasteiger partial charge in [0.1, 0.15) is 0 Å². The molecule has 0 bridgehead atoms. The lowest BCUT2D eigenvalue weighted by Crippen LogP contribution is -2.61. The van der Waals surface area contributed by atoms with Gasteiger partial charge < -0.3 is 9.47 Å². The van der Waals surface area contributed by atoms with Crippen LogP contribution < -0.4 is 4.72 Å². The molecule has 1 aromatic heterocycles. The molecule has 0 aromatic carbocycles. The first-order valence-electron chi connectivity index (χ1n) is 6.31. The molecule has 0 amide bonds. The summed E-state index contributed by atoms with van der Waals surface area (Å²) >= 11 is 0.890. The Morgan fingerprint density at radius 1 is 1.48 bits per heavy atom. The van der Waals surface area contributed by atoms with Gasteiger partial charge >= 0.3 is 5.97 Å². The van der Waals surface area contributed by atoms with E-state index in [1.807, 2.05) is 13.8 Å². The second-order valence-corrected chi connectivity index (χ2v) is 8.20. The number of hydrogen-bond donors (Lipinski definition) is 1. The molecule has 1 saturated carbocycles. The lowest BCUT2D eigenvalue weighted by molar-refractivity contribution is -0.0908. The maximum Gasteiger partial charge on any atom is 0.358 e. The fourth-order valence-electron chi connectivity index (χ4n) is 2.38. The molecule has 118 valence electrons. The summed E-state index contributed by atoms with van der Waals surface area (Å²) in [7, 11) is -1.02. The summed E-state index contributed by atoms with van der Waals surface area (Å²) in [6, 6.07) is -0.250. The summed E-state index contributed by atoms with van der Waals surface area (Å²) in [6.45, 7) is 3.87. The van der Waals surface area contributed by atoms with Crippen molar-refractivity contribution < 1.29 is 22.7 Å². The minimum absolute atomic E-state index is 0.00624. The summed E-state index contributed by atoms with van der Waals surface area (Å²) in [5.74, 6) is -0.765. The number of nitrogens with zero attached hydrogens (tertiary/aromatic N) is 1. The lowest BCUT2D eigenvalue weighted by atomic mass is 9.65. The zero-order valence-electron chi connectivity index (χ0n) is 12.2. The monoisotopic (exact) mass is 334 g/mol. The fraction of sp³-hybridized carbons (Fsp3) is 0.667. The first-order valence-corrected chi connectivity index (χ1v) is 8.67. The second kappa shape index (κ2) is 5.64. The molecule has 0 radical (unpaired) electrons. The van der Waals surface area contributed by atoms with Crippen molar-refractivity contribution in [2.24, 2.45) is 5.41 Å². The molecular formula is C12H18N2O5S2. The van der Waals surface area contributed by atoms with Gasteiger partial charge in [0.2, 0.25) is 0 Å². The maximum absolute atomic E-state index is 12.4. The number of methoxy groups -OCH3 is 2. The molecule has 0 saturated heterocycles. The number of nitrogens with one attached hydrogen (secondary N) is 1. The molecule has 1 fully saturated rings. The highest BCUT2D eigenvalue weighted by molar-refractivity contribution is 7.91. The number of esters is 1. The van der Waals surface area contributed by atoms with Crippen LogP contribution in [-0.4, -0.2) is 45.7 Å². The van der Waals surface area contributed by atoms with Crippen LogP contribution in [0.25, 0.3) is 0 Å². The minimum atomic E-state index is -3.82. The lowest BCUT2D eigenvalue weighted by Gasteiger charge is -2.50. The van der Waals surface area contributed by atoms with Crippen molar-refractivity contribution in [3.63, 3.8) is 0 Å². The highest BCUT2D eigenvalue weighted by Crippen LogP contribution is 2.43. The van der Waals surface area contributed by atoms with Crippen molar-refractivity contribution in [3.05, 3.63) is 11.2 Å². The highest BCUT2D eigenvalue weighted by atomic mass is 32.2. The molecule has 1 aromatic rings. The molecule has 21 heavy (non-hydrogen) atoms. The smallest absolute Gasteiger partial charge is 0.358 e. The Morgan fingerprint density at radius 2 is 2.14 bits per heavy atom. The van der Waals surface area contributed by atoms with E-state index in [1.54, 1.807) is 7.11 Å². The summed E-state index contributed by atoms with van der Waals surface area (Å²) in [6.07, 6.45) is 0.599. The SMILES string of the molecule is COC(=O)c1ncsc1S(=O)(=O)NC1CC(OC)C1(C)C. The average molecular weight is 334 g/mol. The van der Waals surface area contributed by atoms with Gasteiger partial charge in [0, 0.05) is 18.6 Å². The standard InChI is InChI=1S/C12H18N2O5S2/c1-12(2)7(5-8(12)18-3)14-21(16,17)11-9(10(15)19-4)13-6-20-11/h6-8,14H,5H2,1-4H3. The van der Waals surface area contributed by atoms with Gasteiger partial charge in [0.05, 0.1) is 18.7 Å². The van der Waals surface area contributed by atoms with Gasteiger partial charge in [0.25, 0.3) is 10.0 Å².